The molecule has 2 atom stereocenters. The van der Waals surface area contributed by atoms with E-state index in [1.165, 1.54) is 38.5 Å². The van der Waals surface area contributed by atoms with Crippen LogP contribution in [0.5, 0.6) is 11.5 Å². The first-order chi connectivity index (χ1) is 16.1. The molecule has 0 radical (unpaired) electrons. The predicted octanol–water partition coefficient (Wildman–Crippen LogP) is 4.11. The molecule has 0 aromatic heterocycles. The van der Waals surface area contributed by atoms with Gasteiger partial charge in [-0.05, 0) is 53.8 Å². The van der Waals surface area contributed by atoms with Crippen LogP contribution in [-0.2, 0) is 6.42 Å². The number of benzene rings is 2. The minimum atomic E-state index is -0.895. The molecule has 2 rings (SSSR count). The van der Waals surface area contributed by atoms with Crippen molar-refractivity contribution in [3.63, 3.8) is 0 Å². The monoisotopic (exact) mass is 460 g/mol. The Labute approximate surface area is 197 Å². The number of unbranched alkanes of at least 4 members (excludes halogenated alkanes) is 6. The number of rotatable bonds is 17. The summed E-state index contributed by atoms with van der Waals surface area (Å²) in [7, 11) is 0. The average molecular weight is 461 g/mol. The van der Waals surface area contributed by atoms with Crippen molar-refractivity contribution in [3.05, 3.63) is 48.0 Å². The highest BCUT2D eigenvalue weighted by Gasteiger charge is 2.10. The standard InChI is InChI=1S/C27H40O6/c1-2-3-4-5-6-7-8-9-23-16-22(12-15-27(23)33-20-25(31)18-29)21-10-13-26(14-11-21)32-19-24(30)17-28/h10-16,24-25,28-31H,2-9,17-20H2,1H3. The fourth-order valence-electron chi connectivity index (χ4n) is 3.60. The molecule has 184 valence electrons. The first-order valence-electron chi connectivity index (χ1n) is 12.1. The lowest BCUT2D eigenvalue weighted by Crippen LogP contribution is -2.21. The van der Waals surface area contributed by atoms with E-state index < -0.39 is 12.2 Å². The summed E-state index contributed by atoms with van der Waals surface area (Å²) in [5, 5.41) is 37.1. The molecule has 6 nitrogen and oxygen atoms in total. The smallest absolute Gasteiger partial charge is 0.122 e. The van der Waals surface area contributed by atoms with Crippen LogP contribution >= 0.6 is 0 Å². The lowest BCUT2D eigenvalue weighted by atomic mass is 9.98. The molecule has 0 aliphatic carbocycles. The molecule has 0 amide bonds. The van der Waals surface area contributed by atoms with Crippen LogP contribution in [0.4, 0.5) is 0 Å². The molecular formula is C27H40O6. The van der Waals surface area contributed by atoms with E-state index >= 15 is 0 Å². The summed E-state index contributed by atoms with van der Waals surface area (Å²) < 4.78 is 11.3. The highest BCUT2D eigenvalue weighted by Crippen LogP contribution is 2.29. The van der Waals surface area contributed by atoms with Crippen LogP contribution in [0.2, 0.25) is 0 Å². The Morgan fingerprint density at radius 2 is 1.27 bits per heavy atom. The maximum absolute atomic E-state index is 9.66. The number of ether oxygens (including phenoxy) is 2. The summed E-state index contributed by atoms with van der Waals surface area (Å²) in [6.07, 6.45) is 7.75. The van der Waals surface area contributed by atoms with Gasteiger partial charge in [-0.1, -0.05) is 63.6 Å². The normalized spacial score (nSPS) is 13.0. The van der Waals surface area contributed by atoms with E-state index in [-0.39, 0.29) is 26.4 Å². The Balaban J connectivity index is 2.04. The van der Waals surface area contributed by atoms with Gasteiger partial charge >= 0.3 is 0 Å². The zero-order valence-electron chi connectivity index (χ0n) is 19.8. The summed E-state index contributed by atoms with van der Waals surface area (Å²) in [5.41, 5.74) is 3.19. The van der Waals surface area contributed by atoms with Crippen LogP contribution in [0.15, 0.2) is 42.5 Å². The molecule has 4 N–H and O–H groups in total. The Hall–Kier alpha value is -2.12. The van der Waals surface area contributed by atoms with Gasteiger partial charge in [0.15, 0.2) is 0 Å². The minimum Gasteiger partial charge on any atom is -0.491 e. The fraction of sp³-hybridized carbons (Fsp3) is 0.556. The van der Waals surface area contributed by atoms with Crippen LogP contribution in [-0.4, -0.2) is 59.1 Å². The molecule has 0 aliphatic rings. The van der Waals surface area contributed by atoms with Gasteiger partial charge in [-0.15, -0.1) is 0 Å². The highest BCUT2D eigenvalue weighted by molar-refractivity contribution is 5.66. The Morgan fingerprint density at radius 1 is 0.697 bits per heavy atom. The lowest BCUT2D eigenvalue weighted by Gasteiger charge is -2.16. The molecule has 0 aliphatic heterocycles. The maximum Gasteiger partial charge on any atom is 0.122 e. The molecule has 33 heavy (non-hydrogen) atoms. The summed E-state index contributed by atoms with van der Waals surface area (Å²) >= 11 is 0. The molecule has 0 bridgehead atoms. The second-order valence-corrected chi connectivity index (χ2v) is 8.51. The molecular weight excluding hydrogens is 420 g/mol. The van der Waals surface area contributed by atoms with Crippen molar-refractivity contribution in [1.82, 2.24) is 0 Å². The number of hydrogen-bond donors (Lipinski definition) is 4. The molecule has 6 heteroatoms. The van der Waals surface area contributed by atoms with Gasteiger partial charge in [0.25, 0.3) is 0 Å². The van der Waals surface area contributed by atoms with Crippen molar-refractivity contribution in [2.75, 3.05) is 26.4 Å². The maximum atomic E-state index is 9.66. The Bertz CT molecular complexity index is 777. The topological polar surface area (TPSA) is 99.4 Å². The van der Waals surface area contributed by atoms with Crippen molar-refractivity contribution in [3.8, 4) is 22.6 Å². The zero-order valence-corrected chi connectivity index (χ0v) is 19.8. The van der Waals surface area contributed by atoms with Gasteiger partial charge in [0.1, 0.15) is 36.9 Å². The van der Waals surface area contributed by atoms with Crippen molar-refractivity contribution >= 4 is 0 Å². The predicted molar refractivity (Wildman–Crippen MR) is 131 cm³/mol. The van der Waals surface area contributed by atoms with E-state index in [4.69, 9.17) is 19.7 Å². The summed E-state index contributed by atoms with van der Waals surface area (Å²) in [4.78, 5) is 0. The summed E-state index contributed by atoms with van der Waals surface area (Å²) in [5.74, 6) is 1.38. The van der Waals surface area contributed by atoms with Crippen molar-refractivity contribution in [2.24, 2.45) is 0 Å². The third-order valence-corrected chi connectivity index (χ3v) is 5.59. The fourth-order valence-corrected chi connectivity index (χ4v) is 3.60. The number of aliphatic hydroxyl groups excluding tert-OH is 4. The largest absolute Gasteiger partial charge is 0.491 e. The minimum absolute atomic E-state index is 0.0458. The van der Waals surface area contributed by atoms with Gasteiger partial charge in [-0.2, -0.15) is 0 Å². The highest BCUT2D eigenvalue weighted by atomic mass is 16.5. The Morgan fingerprint density at radius 3 is 1.91 bits per heavy atom. The van der Waals surface area contributed by atoms with Crippen molar-refractivity contribution in [2.45, 2.75) is 70.5 Å². The number of aliphatic hydroxyl groups is 4. The van der Waals surface area contributed by atoms with Crippen LogP contribution in [0, 0.1) is 0 Å². The molecule has 0 saturated carbocycles. The second-order valence-electron chi connectivity index (χ2n) is 8.51. The van der Waals surface area contributed by atoms with E-state index in [9.17, 15) is 10.2 Å². The SMILES string of the molecule is CCCCCCCCCc1cc(-c2ccc(OCC(O)CO)cc2)ccc1OCC(O)CO. The third-order valence-electron chi connectivity index (χ3n) is 5.59. The van der Waals surface area contributed by atoms with E-state index in [2.05, 4.69) is 13.0 Å². The quantitative estimate of drug-likeness (QED) is 0.265. The summed E-state index contributed by atoms with van der Waals surface area (Å²) in [6, 6.07) is 13.7. The van der Waals surface area contributed by atoms with Crippen LogP contribution in [0.25, 0.3) is 11.1 Å². The van der Waals surface area contributed by atoms with Crippen LogP contribution in [0.1, 0.15) is 57.4 Å². The van der Waals surface area contributed by atoms with Gasteiger partial charge < -0.3 is 29.9 Å². The number of aryl methyl sites for hydroxylation is 1. The van der Waals surface area contributed by atoms with Gasteiger partial charge in [0, 0.05) is 0 Å². The van der Waals surface area contributed by atoms with E-state index in [1.807, 2.05) is 36.4 Å². The van der Waals surface area contributed by atoms with Gasteiger partial charge in [-0.3, -0.25) is 0 Å². The van der Waals surface area contributed by atoms with Gasteiger partial charge in [0.05, 0.1) is 13.2 Å². The lowest BCUT2D eigenvalue weighted by molar-refractivity contribution is 0.0533. The molecule has 2 aromatic rings. The molecule has 0 heterocycles. The van der Waals surface area contributed by atoms with Crippen molar-refractivity contribution in [1.29, 1.82) is 0 Å². The second kappa shape index (κ2) is 15.7. The van der Waals surface area contributed by atoms with Crippen LogP contribution < -0.4 is 9.47 Å². The van der Waals surface area contributed by atoms with E-state index in [0.717, 1.165) is 35.3 Å². The molecule has 0 saturated heterocycles. The van der Waals surface area contributed by atoms with Crippen molar-refractivity contribution < 1.29 is 29.9 Å². The average Bonchev–Trinajstić information content (AvgIpc) is 2.85. The molecule has 2 unspecified atom stereocenters. The van der Waals surface area contributed by atoms with Gasteiger partial charge in [-0.25, -0.2) is 0 Å². The van der Waals surface area contributed by atoms with Gasteiger partial charge in [0.2, 0.25) is 0 Å². The van der Waals surface area contributed by atoms with Crippen LogP contribution in [0.3, 0.4) is 0 Å². The van der Waals surface area contributed by atoms with E-state index in [1.54, 1.807) is 0 Å². The first-order valence-corrected chi connectivity index (χ1v) is 12.1. The van der Waals surface area contributed by atoms with E-state index in [0.29, 0.717) is 5.75 Å². The molecule has 0 fully saturated rings. The molecule has 0 spiro atoms. The number of hydrogen-bond acceptors (Lipinski definition) is 6. The third kappa shape index (κ3) is 10.1. The first kappa shape index (κ1) is 27.1. The molecule has 2 aromatic carbocycles. The Kier molecular flexibility index (Phi) is 12.9. The summed E-state index contributed by atoms with van der Waals surface area (Å²) in [6.45, 7) is 1.68. The zero-order chi connectivity index (χ0) is 23.9.